The molecule has 224 valence electrons. The molecular weight excluding hydrogens is 651 g/mol. The Kier molecular flexibility index (Phi) is 11.2. The summed E-state index contributed by atoms with van der Waals surface area (Å²) in [6.45, 7) is 0.513. The molecule has 0 atom stereocenters. The van der Waals surface area contributed by atoms with Crippen LogP contribution >= 0.6 is 34.8 Å². The highest BCUT2D eigenvalue weighted by molar-refractivity contribution is 7.92. The lowest BCUT2D eigenvalue weighted by Gasteiger charge is -2.02. The van der Waals surface area contributed by atoms with E-state index in [2.05, 4.69) is 15.0 Å². The molecular formula is C30H27Cl3N4O4S2. The molecule has 0 amide bonds. The van der Waals surface area contributed by atoms with Gasteiger partial charge < -0.3 is 9.55 Å². The third-order valence-corrected chi connectivity index (χ3v) is 10.4. The number of alkyl halides is 3. The molecule has 0 saturated heterocycles. The molecule has 0 fully saturated rings. The first kappa shape index (κ1) is 32.5. The maximum Gasteiger partial charge on any atom is 0.208 e. The van der Waals surface area contributed by atoms with Gasteiger partial charge in [-0.3, -0.25) is 0 Å². The van der Waals surface area contributed by atoms with Gasteiger partial charge in [0.25, 0.3) is 0 Å². The van der Waals surface area contributed by atoms with Gasteiger partial charge in [-0.05, 0) is 48.5 Å². The standard InChI is InChI=1S/C15H13ClN2O2S.C13H10N2O2S.C2H4Cl2/c16-8-10-18-11-14(13-7-4-9-17-15(13)18)21(19,20)12-5-2-1-3-6-12;16-18(17,10-5-2-1-3-6-10)12-9-15-13-11(12)7-4-8-14-13;3-1-2-4/h1-7,9,11H,8,10H2;1-9H,(H,14,15);1-2H2. The van der Waals surface area contributed by atoms with Crippen LogP contribution in [0.5, 0.6) is 0 Å². The maximum atomic E-state index is 12.8. The van der Waals surface area contributed by atoms with E-state index in [1.54, 1.807) is 108 Å². The number of sulfone groups is 2. The molecule has 4 aromatic heterocycles. The van der Waals surface area contributed by atoms with Crippen molar-refractivity contribution in [1.82, 2.24) is 19.5 Å². The molecule has 8 nitrogen and oxygen atoms in total. The Labute approximate surface area is 265 Å². The molecule has 0 radical (unpaired) electrons. The van der Waals surface area contributed by atoms with Crippen LogP contribution in [0, 0.1) is 0 Å². The van der Waals surface area contributed by atoms with E-state index < -0.39 is 19.7 Å². The third-order valence-electron chi connectivity index (χ3n) is 6.09. The van der Waals surface area contributed by atoms with Crippen LogP contribution in [0.2, 0.25) is 0 Å². The van der Waals surface area contributed by atoms with E-state index in [0.29, 0.717) is 46.3 Å². The van der Waals surface area contributed by atoms with E-state index in [4.69, 9.17) is 34.8 Å². The molecule has 0 aliphatic rings. The smallest absolute Gasteiger partial charge is 0.208 e. The molecule has 1 N–H and O–H groups in total. The van der Waals surface area contributed by atoms with E-state index in [-0.39, 0.29) is 19.6 Å². The number of rotatable bonds is 7. The minimum Gasteiger partial charge on any atom is -0.345 e. The van der Waals surface area contributed by atoms with Gasteiger partial charge in [0.2, 0.25) is 19.7 Å². The summed E-state index contributed by atoms with van der Waals surface area (Å²) in [5, 5.41) is 1.23. The number of aromatic amines is 1. The number of hydrogen-bond acceptors (Lipinski definition) is 6. The number of hydrogen-bond donors (Lipinski definition) is 1. The quantitative estimate of drug-likeness (QED) is 0.183. The average Bonchev–Trinajstić information content (AvgIpc) is 3.66. The fourth-order valence-corrected chi connectivity index (χ4v) is 7.28. The number of pyridine rings is 2. The number of nitrogens with zero attached hydrogens (tertiary/aromatic N) is 3. The van der Waals surface area contributed by atoms with Gasteiger partial charge in [0, 0.05) is 59.7 Å². The molecule has 6 aromatic rings. The first-order chi connectivity index (χ1) is 20.7. The summed E-state index contributed by atoms with van der Waals surface area (Å²) in [6.07, 6.45) is 6.37. The summed E-state index contributed by atoms with van der Waals surface area (Å²) < 4.78 is 52.3. The first-order valence-corrected chi connectivity index (χ1v) is 17.5. The number of fused-ring (bicyclic) bond motifs is 2. The Morgan fingerprint density at radius 3 is 1.72 bits per heavy atom. The zero-order valence-corrected chi connectivity index (χ0v) is 26.5. The molecule has 0 aliphatic carbocycles. The van der Waals surface area contributed by atoms with E-state index in [0.717, 1.165) is 0 Å². The molecule has 0 bridgehead atoms. The molecule has 0 spiro atoms. The molecule has 0 saturated carbocycles. The Hall–Kier alpha value is -3.41. The molecule has 0 aliphatic heterocycles. The van der Waals surface area contributed by atoms with Crippen LogP contribution in [0.1, 0.15) is 0 Å². The Bertz CT molecular complexity index is 2000. The van der Waals surface area contributed by atoms with Gasteiger partial charge in [-0.25, -0.2) is 26.8 Å². The lowest BCUT2D eigenvalue weighted by atomic mass is 10.3. The largest absolute Gasteiger partial charge is 0.345 e. The van der Waals surface area contributed by atoms with E-state index >= 15 is 0 Å². The zero-order valence-electron chi connectivity index (χ0n) is 22.6. The molecule has 43 heavy (non-hydrogen) atoms. The van der Waals surface area contributed by atoms with Crippen molar-refractivity contribution in [3.63, 3.8) is 0 Å². The molecule has 2 aromatic carbocycles. The lowest BCUT2D eigenvalue weighted by Crippen LogP contribution is -2.01. The van der Waals surface area contributed by atoms with Gasteiger partial charge in [-0.1, -0.05) is 36.4 Å². The second kappa shape index (κ2) is 14.9. The predicted octanol–water partition coefficient (Wildman–Crippen LogP) is 6.97. The van der Waals surface area contributed by atoms with Crippen molar-refractivity contribution in [3.8, 4) is 0 Å². The van der Waals surface area contributed by atoms with Crippen molar-refractivity contribution in [2.75, 3.05) is 17.6 Å². The maximum absolute atomic E-state index is 12.8. The van der Waals surface area contributed by atoms with E-state index in [1.807, 2.05) is 0 Å². The van der Waals surface area contributed by atoms with Crippen LogP contribution in [-0.2, 0) is 26.2 Å². The second-order valence-electron chi connectivity index (χ2n) is 8.81. The minimum absolute atomic E-state index is 0.261. The first-order valence-electron chi connectivity index (χ1n) is 12.9. The summed E-state index contributed by atoms with van der Waals surface area (Å²) in [5.41, 5.74) is 1.21. The Morgan fingerprint density at radius 1 is 0.628 bits per heavy atom. The molecule has 13 heteroatoms. The number of benzene rings is 2. The number of aromatic nitrogens is 4. The van der Waals surface area contributed by atoms with Crippen molar-refractivity contribution >= 4 is 76.5 Å². The topological polar surface area (TPSA) is 115 Å². The number of nitrogens with one attached hydrogen (secondary N) is 1. The fourth-order valence-electron chi connectivity index (χ4n) is 4.17. The fraction of sp³-hybridized carbons (Fsp3) is 0.133. The van der Waals surface area contributed by atoms with Gasteiger partial charge in [-0.2, -0.15) is 0 Å². The van der Waals surface area contributed by atoms with E-state index in [1.165, 1.54) is 6.20 Å². The highest BCUT2D eigenvalue weighted by atomic mass is 35.5. The summed E-state index contributed by atoms with van der Waals surface area (Å²) in [6, 6.07) is 23.7. The van der Waals surface area contributed by atoms with Crippen LogP contribution in [0.15, 0.2) is 129 Å². The average molecular weight is 678 g/mol. The molecule has 6 rings (SSSR count). The van der Waals surface area contributed by atoms with Gasteiger partial charge in [0.1, 0.15) is 11.3 Å². The van der Waals surface area contributed by atoms with Crippen LogP contribution < -0.4 is 0 Å². The monoisotopic (exact) mass is 676 g/mol. The second-order valence-corrected chi connectivity index (χ2v) is 13.8. The van der Waals surface area contributed by atoms with Crippen molar-refractivity contribution in [2.45, 2.75) is 26.1 Å². The minimum atomic E-state index is -3.57. The lowest BCUT2D eigenvalue weighted by molar-refractivity contribution is 0.595. The van der Waals surface area contributed by atoms with Gasteiger partial charge in [0.15, 0.2) is 0 Å². The molecule has 4 heterocycles. The number of aryl methyl sites for hydroxylation is 1. The number of halogens is 3. The highest BCUT2D eigenvalue weighted by Gasteiger charge is 2.24. The normalized spacial score (nSPS) is 11.4. The summed E-state index contributed by atoms with van der Waals surface area (Å²) in [4.78, 5) is 12.3. The summed E-state index contributed by atoms with van der Waals surface area (Å²) in [5.74, 6) is 1.51. The van der Waals surface area contributed by atoms with E-state index in [9.17, 15) is 16.8 Å². The van der Waals surface area contributed by atoms with Crippen molar-refractivity contribution < 1.29 is 16.8 Å². The van der Waals surface area contributed by atoms with Gasteiger partial charge in [-0.15, -0.1) is 34.8 Å². The zero-order chi connectivity index (χ0) is 30.9. The van der Waals surface area contributed by atoms with Crippen molar-refractivity contribution in [1.29, 1.82) is 0 Å². The van der Waals surface area contributed by atoms with Crippen LogP contribution in [-0.4, -0.2) is 54.0 Å². The van der Waals surface area contributed by atoms with Gasteiger partial charge >= 0.3 is 0 Å². The summed E-state index contributed by atoms with van der Waals surface area (Å²) >= 11 is 15.9. The van der Waals surface area contributed by atoms with Crippen LogP contribution in [0.25, 0.3) is 22.1 Å². The van der Waals surface area contributed by atoms with Gasteiger partial charge in [0.05, 0.1) is 19.6 Å². The predicted molar refractivity (Wildman–Crippen MR) is 172 cm³/mol. The van der Waals surface area contributed by atoms with Crippen molar-refractivity contribution in [2.24, 2.45) is 0 Å². The van der Waals surface area contributed by atoms with Crippen LogP contribution in [0.3, 0.4) is 0 Å². The molecule has 0 unspecified atom stereocenters. The number of H-pyrrole nitrogens is 1. The van der Waals surface area contributed by atoms with Crippen molar-refractivity contribution in [3.05, 3.63) is 110 Å². The Balaban J connectivity index is 0.000000177. The Morgan fingerprint density at radius 2 is 1.16 bits per heavy atom. The van der Waals surface area contributed by atoms with Crippen LogP contribution in [0.4, 0.5) is 0 Å². The SMILES string of the molecule is ClCCCl.O=S(=O)(c1ccccc1)c1c[nH]c2ncccc12.O=S(=O)(c1ccccc1)c1cn(CCCl)c2ncccc12. The highest BCUT2D eigenvalue weighted by Crippen LogP contribution is 2.29. The summed E-state index contributed by atoms with van der Waals surface area (Å²) in [7, 11) is -7.06. The third kappa shape index (κ3) is 7.39.